The third kappa shape index (κ3) is 1.45. The van der Waals surface area contributed by atoms with E-state index in [0.717, 1.165) is 27.8 Å². The highest BCUT2D eigenvalue weighted by atomic mass is 16.5. The Kier molecular flexibility index (Phi) is 2.57. The molecule has 3 heteroatoms. The van der Waals surface area contributed by atoms with Gasteiger partial charge in [-0.15, -0.1) is 0 Å². The Morgan fingerprint density at radius 2 is 1.74 bits per heavy atom. The highest BCUT2D eigenvalue weighted by Crippen LogP contribution is 2.92. The Labute approximate surface area is 159 Å². The lowest BCUT2D eigenvalue weighted by Crippen LogP contribution is -2.46. The van der Waals surface area contributed by atoms with Crippen molar-refractivity contribution in [2.75, 3.05) is 14.2 Å². The van der Waals surface area contributed by atoms with Gasteiger partial charge in [-0.25, -0.2) is 0 Å². The zero-order valence-electron chi connectivity index (χ0n) is 16.6. The molecule has 138 valence electrons. The lowest BCUT2D eigenvalue weighted by atomic mass is 9.53. The Bertz CT molecular complexity index is 1170. The van der Waals surface area contributed by atoms with Crippen LogP contribution in [0.15, 0.2) is 30.5 Å². The molecule has 4 atom stereocenters. The lowest BCUT2D eigenvalue weighted by Gasteiger charge is -2.50. The van der Waals surface area contributed by atoms with Gasteiger partial charge in [-0.2, -0.15) is 0 Å². The molecule has 0 amide bonds. The van der Waals surface area contributed by atoms with Crippen LogP contribution in [-0.2, 0) is 5.41 Å². The minimum absolute atomic E-state index is 0.294. The predicted molar refractivity (Wildman–Crippen MR) is 108 cm³/mol. The van der Waals surface area contributed by atoms with Gasteiger partial charge in [0.15, 0.2) is 11.5 Å². The van der Waals surface area contributed by atoms with E-state index in [2.05, 4.69) is 51.2 Å². The first-order chi connectivity index (χ1) is 12.9. The first kappa shape index (κ1) is 15.7. The van der Waals surface area contributed by atoms with Gasteiger partial charge in [0.2, 0.25) is 0 Å². The fourth-order valence-corrected chi connectivity index (χ4v) is 7.49. The monoisotopic (exact) mass is 359 g/mol. The van der Waals surface area contributed by atoms with E-state index in [1.54, 1.807) is 19.8 Å². The van der Waals surface area contributed by atoms with Gasteiger partial charge in [0.1, 0.15) is 0 Å². The molecule has 0 radical (unpaired) electrons. The SMILES string of the molecule is COc1cc2ccc3c4c(cnc3c2cc1OC)C(C)C12CC1(C)CC42C. The Balaban J connectivity index is 1.68. The van der Waals surface area contributed by atoms with E-state index in [1.165, 1.54) is 23.8 Å². The summed E-state index contributed by atoms with van der Waals surface area (Å²) in [5.41, 5.74) is 5.43. The maximum absolute atomic E-state index is 5.56. The van der Waals surface area contributed by atoms with Gasteiger partial charge >= 0.3 is 0 Å². The molecule has 1 spiro atoms. The summed E-state index contributed by atoms with van der Waals surface area (Å²) in [5.74, 6) is 2.13. The van der Waals surface area contributed by atoms with Crippen LogP contribution in [0, 0.1) is 10.8 Å². The number of benzene rings is 2. The molecule has 0 N–H and O–H groups in total. The second-order valence-electron chi connectivity index (χ2n) is 9.42. The normalized spacial score (nSPS) is 35.4. The van der Waals surface area contributed by atoms with E-state index in [4.69, 9.17) is 14.5 Å². The second-order valence-corrected chi connectivity index (χ2v) is 9.42. The van der Waals surface area contributed by atoms with E-state index < -0.39 is 0 Å². The number of nitrogens with zero attached hydrogens (tertiary/aromatic N) is 1. The molecule has 2 fully saturated rings. The quantitative estimate of drug-likeness (QED) is 0.560. The van der Waals surface area contributed by atoms with Gasteiger partial charge in [0.25, 0.3) is 0 Å². The Morgan fingerprint density at radius 3 is 2.41 bits per heavy atom. The molecule has 4 unspecified atom stereocenters. The first-order valence-electron chi connectivity index (χ1n) is 9.88. The summed E-state index contributed by atoms with van der Waals surface area (Å²) in [4.78, 5) is 4.97. The van der Waals surface area contributed by atoms with Crippen molar-refractivity contribution in [2.45, 2.75) is 44.9 Å². The van der Waals surface area contributed by atoms with Gasteiger partial charge < -0.3 is 9.47 Å². The molecule has 2 saturated carbocycles. The molecule has 3 aliphatic carbocycles. The highest BCUT2D eigenvalue weighted by molar-refractivity contribution is 6.08. The van der Waals surface area contributed by atoms with Crippen molar-refractivity contribution in [3.05, 3.63) is 41.6 Å². The number of pyridine rings is 1. The maximum Gasteiger partial charge on any atom is 0.161 e. The van der Waals surface area contributed by atoms with E-state index in [0.29, 0.717) is 22.2 Å². The molecule has 0 saturated heterocycles. The Morgan fingerprint density at radius 1 is 1.00 bits per heavy atom. The minimum atomic E-state index is 0.294. The third-order valence-electron chi connectivity index (χ3n) is 8.49. The van der Waals surface area contributed by atoms with Crippen molar-refractivity contribution >= 4 is 21.7 Å². The highest BCUT2D eigenvalue weighted by Gasteiger charge is 2.86. The fourth-order valence-electron chi connectivity index (χ4n) is 7.49. The maximum atomic E-state index is 5.56. The van der Waals surface area contributed by atoms with Gasteiger partial charge in [0.05, 0.1) is 19.7 Å². The molecular weight excluding hydrogens is 334 g/mol. The molecule has 0 bridgehead atoms. The van der Waals surface area contributed by atoms with Crippen molar-refractivity contribution in [3.63, 3.8) is 0 Å². The summed E-state index contributed by atoms with van der Waals surface area (Å²) in [6.45, 7) is 7.42. The molecular formula is C24H25NO2. The van der Waals surface area contributed by atoms with Crippen molar-refractivity contribution in [2.24, 2.45) is 10.8 Å². The standard InChI is InChI=1S/C24H25NO2/c1-13-17-10-25-21-15(20(17)23(3)11-22(2)12-24(13,22)23)7-6-14-8-18(26-4)19(27-5)9-16(14)21/h6-10,13H,11-12H2,1-5H3. The van der Waals surface area contributed by atoms with Crippen molar-refractivity contribution in [1.29, 1.82) is 0 Å². The zero-order valence-corrected chi connectivity index (χ0v) is 16.6. The number of hydrogen-bond acceptors (Lipinski definition) is 3. The molecule has 3 nitrogen and oxygen atoms in total. The number of aromatic nitrogens is 1. The number of fused-ring (bicyclic) bond motifs is 6. The van der Waals surface area contributed by atoms with Gasteiger partial charge in [0, 0.05) is 22.4 Å². The van der Waals surface area contributed by atoms with Crippen molar-refractivity contribution in [1.82, 2.24) is 4.98 Å². The number of rotatable bonds is 2. The van der Waals surface area contributed by atoms with Crippen LogP contribution in [0.3, 0.4) is 0 Å². The summed E-state index contributed by atoms with van der Waals surface area (Å²) in [7, 11) is 3.37. The fraction of sp³-hybridized carbons (Fsp3) is 0.458. The number of ether oxygens (including phenoxy) is 2. The first-order valence-corrected chi connectivity index (χ1v) is 9.88. The smallest absolute Gasteiger partial charge is 0.161 e. The van der Waals surface area contributed by atoms with E-state index in [1.807, 2.05) is 0 Å². The average Bonchev–Trinajstić information content (AvgIpc) is 3.17. The van der Waals surface area contributed by atoms with E-state index in [9.17, 15) is 0 Å². The minimum Gasteiger partial charge on any atom is -0.493 e. The molecule has 6 rings (SSSR count). The molecule has 0 aliphatic heterocycles. The van der Waals surface area contributed by atoms with Crippen molar-refractivity contribution < 1.29 is 9.47 Å². The Hall–Kier alpha value is -2.29. The van der Waals surface area contributed by atoms with Gasteiger partial charge in [-0.05, 0) is 58.2 Å². The molecule has 2 aromatic carbocycles. The molecule has 3 aliphatic rings. The van der Waals surface area contributed by atoms with Crippen LogP contribution in [-0.4, -0.2) is 19.2 Å². The molecule has 1 aromatic heterocycles. The summed E-state index contributed by atoms with van der Waals surface area (Å²) in [5, 5.41) is 3.61. The number of methoxy groups -OCH3 is 2. The zero-order chi connectivity index (χ0) is 18.8. The van der Waals surface area contributed by atoms with E-state index >= 15 is 0 Å². The van der Waals surface area contributed by atoms with Crippen LogP contribution in [0.2, 0.25) is 0 Å². The van der Waals surface area contributed by atoms with Crippen molar-refractivity contribution in [3.8, 4) is 11.5 Å². The average molecular weight is 359 g/mol. The van der Waals surface area contributed by atoms with Crippen LogP contribution < -0.4 is 9.47 Å². The van der Waals surface area contributed by atoms with Gasteiger partial charge in [-0.3, -0.25) is 4.98 Å². The van der Waals surface area contributed by atoms with Crippen LogP contribution in [0.4, 0.5) is 0 Å². The lowest BCUT2D eigenvalue weighted by molar-refractivity contribution is 0.0582. The second kappa shape index (κ2) is 4.40. The van der Waals surface area contributed by atoms with Crippen LogP contribution in [0.5, 0.6) is 11.5 Å². The summed E-state index contributed by atoms with van der Waals surface area (Å²) in [6.07, 6.45) is 4.84. The molecule has 27 heavy (non-hydrogen) atoms. The number of hydrogen-bond donors (Lipinski definition) is 0. The van der Waals surface area contributed by atoms with Crippen LogP contribution >= 0.6 is 0 Å². The summed E-state index contributed by atoms with van der Waals surface area (Å²) in [6, 6.07) is 8.62. The van der Waals surface area contributed by atoms with E-state index in [-0.39, 0.29) is 0 Å². The van der Waals surface area contributed by atoms with Crippen LogP contribution in [0.1, 0.15) is 50.7 Å². The molecule has 1 heterocycles. The third-order valence-corrected chi connectivity index (χ3v) is 8.49. The topological polar surface area (TPSA) is 31.4 Å². The van der Waals surface area contributed by atoms with Gasteiger partial charge in [-0.1, -0.05) is 32.9 Å². The largest absolute Gasteiger partial charge is 0.493 e. The summed E-state index contributed by atoms with van der Waals surface area (Å²) >= 11 is 0. The predicted octanol–water partition coefficient (Wildman–Crippen LogP) is 5.58. The van der Waals surface area contributed by atoms with Crippen LogP contribution in [0.25, 0.3) is 21.7 Å². The molecule has 3 aromatic rings. The summed E-state index contributed by atoms with van der Waals surface area (Å²) < 4.78 is 11.0.